The predicted octanol–water partition coefficient (Wildman–Crippen LogP) is 1.95. The van der Waals surface area contributed by atoms with E-state index >= 15 is 0 Å². The fourth-order valence-corrected chi connectivity index (χ4v) is 2.26. The first-order chi connectivity index (χ1) is 8.08. The summed E-state index contributed by atoms with van der Waals surface area (Å²) in [5.74, 6) is 0.190. The molecule has 2 rings (SSSR count). The quantitative estimate of drug-likeness (QED) is 0.792. The van der Waals surface area contributed by atoms with Gasteiger partial charge in [-0.3, -0.25) is 4.79 Å². The molecule has 1 aromatic carbocycles. The number of amides is 1. The molecule has 1 aliphatic heterocycles. The molecule has 0 aliphatic carbocycles. The van der Waals surface area contributed by atoms with Crippen LogP contribution in [0.3, 0.4) is 0 Å². The van der Waals surface area contributed by atoms with Gasteiger partial charge in [-0.1, -0.05) is 17.7 Å². The first kappa shape index (κ1) is 12.0. The lowest BCUT2D eigenvalue weighted by molar-refractivity contribution is -0.132. The van der Waals surface area contributed by atoms with Gasteiger partial charge in [-0.2, -0.15) is 0 Å². The Kier molecular flexibility index (Phi) is 3.43. The molecule has 1 amide bonds. The van der Waals surface area contributed by atoms with Crippen LogP contribution in [0.1, 0.15) is 12.8 Å². The molecule has 1 fully saturated rings. The van der Waals surface area contributed by atoms with Crippen molar-refractivity contribution in [3.05, 3.63) is 23.2 Å². The number of likely N-dealkylation sites (N-methyl/N-ethyl adjacent to an activating group) is 1. The van der Waals surface area contributed by atoms with Crippen LogP contribution in [0.5, 0.6) is 0 Å². The van der Waals surface area contributed by atoms with Crippen LogP contribution in [-0.2, 0) is 4.79 Å². The number of nitrogens with zero attached hydrogens (tertiary/aromatic N) is 1. The Morgan fingerprint density at radius 2 is 2.29 bits per heavy atom. The molecule has 5 heteroatoms. The third-order valence-electron chi connectivity index (χ3n) is 3.02. The molecular formula is C12H16ClN3O. The molecule has 1 aliphatic rings. The van der Waals surface area contributed by atoms with Crippen molar-refractivity contribution in [1.82, 2.24) is 4.90 Å². The molecule has 0 radical (unpaired) electrons. The highest BCUT2D eigenvalue weighted by Crippen LogP contribution is 2.29. The zero-order valence-electron chi connectivity index (χ0n) is 9.74. The smallest absolute Gasteiger partial charge is 0.222 e. The van der Waals surface area contributed by atoms with Gasteiger partial charge in [0.05, 0.1) is 16.4 Å². The maximum absolute atomic E-state index is 11.4. The van der Waals surface area contributed by atoms with E-state index in [0.29, 0.717) is 23.7 Å². The van der Waals surface area contributed by atoms with E-state index in [1.165, 1.54) is 0 Å². The van der Waals surface area contributed by atoms with E-state index in [2.05, 4.69) is 5.32 Å². The van der Waals surface area contributed by atoms with Crippen LogP contribution in [0.25, 0.3) is 0 Å². The number of likely N-dealkylation sites (tertiary alicyclic amines) is 1. The molecular weight excluding hydrogens is 238 g/mol. The largest absolute Gasteiger partial charge is 0.397 e. The number of nitrogens with two attached hydrogens (primary N) is 1. The first-order valence-electron chi connectivity index (χ1n) is 5.62. The Labute approximate surface area is 106 Å². The van der Waals surface area contributed by atoms with Gasteiger partial charge in [-0.15, -0.1) is 0 Å². The fraction of sp³-hybridized carbons (Fsp3) is 0.417. The van der Waals surface area contributed by atoms with Gasteiger partial charge in [0.2, 0.25) is 5.91 Å². The summed E-state index contributed by atoms with van der Waals surface area (Å²) in [5, 5.41) is 3.93. The number of benzene rings is 1. The number of rotatable bonds is 2. The number of para-hydroxylation sites is 1. The van der Waals surface area contributed by atoms with Crippen LogP contribution in [0, 0.1) is 0 Å². The Bertz CT molecular complexity index is 416. The second-order valence-corrected chi connectivity index (χ2v) is 4.77. The third-order valence-corrected chi connectivity index (χ3v) is 3.34. The summed E-state index contributed by atoms with van der Waals surface area (Å²) in [6, 6.07) is 5.64. The van der Waals surface area contributed by atoms with Crippen LogP contribution < -0.4 is 11.1 Å². The van der Waals surface area contributed by atoms with Crippen molar-refractivity contribution in [3.8, 4) is 0 Å². The zero-order valence-corrected chi connectivity index (χ0v) is 10.5. The van der Waals surface area contributed by atoms with E-state index in [0.717, 1.165) is 12.1 Å². The maximum Gasteiger partial charge on any atom is 0.222 e. The zero-order chi connectivity index (χ0) is 12.4. The van der Waals surface area contributed by atoms with Gasteiger partial charge in [-0.05, 0) is 18.6 Å². The first-order valence-corrected chi connectivity index (χ1v) is 6.00. The van der Waals surface area contributed by atoms with Gasteiger partial charge >= 0.3 is 0 Å². The van der Waals surface area contributed by atoms with Crippen LogP contribution >= 0.6 is 11.6 Å². The van der Waals surface area contributed by atoms with Crippen LogP contribution in [0.2, 0.25) is 5.02 Å². The Morgan fingerprint density at radius 3 is 2.94 bits per heavy atom. The van der Waals surface area contributed by atoms with E-state index in [1.807, 2.05) is 19.2 Å². The standard InChI is InChI=1S/C12H16ClN3O/c1-16-7-8(5-6-11(16)17)15-12-9(13)3-2-4-10(12)14/h2-4,8,15H,5-7,14H2,1H3. The predicted molar refractivity (Wildman–Crippen MR) is 70.1 cm³/mol. The lowest BCUT2D eigenvalue weighted by atomic mass is 10.1. The van der Waals surface area contributed by atoms with Crippen molar-refractivity contribution in [2.45, 2.75) is 18.9 Å². The summed E-state index contributed by atoms with van der Waals surface area (Å²) in [7, 11) is 1.81. The number of nitrogen functional groups attached to an aromatic ring is 1. The number of anilines is 2. The van der Waals surface area contributed by atoms with Crippen molar-refractivity contribution < 1.29 is 4.79 Å². The van der Waals surface area contributed by atoms with E-state index < -0.39 is 0 Å². The average Bonchev–Trinajstić information content (AvgIpc) is 2.28. The van der Waals surface area contributed by atoms with Crippen molar-refractivity contribution >= 4 is 28.9 Å². The molecule has 0 aromatic heterocycles. The molecule has 4 nitrogen and oxygen atoms in total. The van der Waals surface area contributed by atoms with E-state index in [1.54, 1.807) is 11.0 Å². The van der Waals surface area contributed by atoms with Gasteiger partial charge in [0.15, 0.2) is 0 Å². The average molecular weight is 254 g/mol. The summed E-state index contributed by atoms with van der Waals surface area (Å²) in [6.45, 7) is 0.684. The van der Waals surface area contributed by atoms with Crippen LogP contribution in [-0.4, -0.2) is 30.4 Å². The van der Waals surface area contributed by atoms with Gasteiger partial charge in [-0.25, -0.2) is 0 Å². The number of halogens is 1. The lowest BCUT2D eigenvalue weighted by Crippen LogP contribution is -2.43. The SMILES string of the molecule is CN1CC(Nc2c(N)cccc2Cl)CCC1=O. The highest BCUT2D eigenvalue weighted by atomic mass is 35.5. The monoisotopic (exact) mass is 253 g/mol. The molecule has 92 valence electrons. The number of hydrogen-bond donors (Lipinski definition) is 2. The third kappa shape index (κ3) is 2.64. The molecule has 0 saturated carbocycles. The molecule has 1 unspecified atom stereocenters. The second-order valence-electron chi connectivity index (χ2n) is 4.36. The summed E-state index contributed by atoms with van der Waals surface area (Å²) < 4.78 is 0. The molecule has 0 bridgehead atoms. The Morgan fingerprint density at radius 1 is 1.53 bits per heavy atom. The van der Waals surface area contributed by atoms with Crippen LogP contribution in [0.4, 0.5) is 11.4 Å². The van der Waals surface area contributed by atoms with Crippen LogP contribution in [0.15, 0.2) is 18.2 Å². The molecule has 0 spiro atoms. The number of hydrogen-bond acceptors (Lipinski definition) is 3. The number of carbonyl (C=O) groups is 1. The molecule has 1 aromatic rings. The van der Waals surface area contributed by atoms with Gasteiger partial charge in [0.25, 0.3) is 0 Å². The van der Waals surface area contributed by atoms with Crippen molar-refractivity contribution in [3.63, 3.8) is 0 Å². The minimum absolute atomic E-state index is 0.190. The number of nitrogens with one attached hydrogen (secondary N) is 1. The minimum atomic E-state index is 0.190. The summed E-state index contributed by atoms with van der Waals surface area (Å²) in [5.41, 5.74) is 7.27. The highest BCUT2D eigenvalue weighted by Gasteiger charge is 2.23. The molecule has 3 N–H and O–H groups in total. The molecule has 17 heavy (non-hydrogen) atoms. The minimum Gasteiger partial charge on any atom is -0.397 e. The Hall–Kier alpha value is -1.42. The molecule has 1 saturated heterocycles. The molecule has 1 heterocycles. The fourth-order valence-electron chi connectivity index (χ4n) is 2.03. The second kappa shape index (κ2) is 4.84. The van der Waals surface area contributed by atoms with Crippen molar-refractivity contribution in [2.24, 2.45) is 0 Å². The molecule has 1 atom stereocenters. The lowest BCUT2D eigenvalue weighted by Gasteiger charge is -2.31. The number of carbonyl (C=O) groups excluding carboxylic acids is 1. The summed E-state index contributed by atoms with van der Waals surface area (Å²) in [6.07, 6.45) is 1.38. The number of piperidine rings is 1. The van der Waals surface area contributed by atoms with Crippen molar-refractivity contribution in [1.29, 1.82) is 0 Å². The van der Waals surface area contributed by atoms with E-state index in [-0.39, 0.29) is 11.9 Å². The topological polar surface area (TPSA) is 58.4 Å². The summed E-state index contributed by atoms with van der Waals surface area (Å²) in [4.78, 5) is 13.1. The van der Waals surface area contributed by atoms with Gasteiger partial charge < -0.3 is 16.0 Å². The van der Waals surface area contributed by atoms with E-state index in [9.17, 15) is 4.79 Å². The van der Waals surface area contributed by atoms with Crippen molar-refractivity contribution in [2.75, 3.05) is 24.6 Å². The normalized spacial score (nSPS) is 20.5. The van der Waals surface area contributed by atoms with Gasteiger partial charge in [0.1, 0.15) is 0 Å². The Balaban J connectivity index is 2.09. The maximum atomic E-state index is 11.4. The van der Waals surface area contributed by atoms with E-state index in [4.69, 9.17) is 17.3 Å². The summed E-state index contributed by atoms with van der Waals surface area (Å²) >= 11 is 6.09. The van der Waals surface area contributed by atoms with Gasteiger partial charge in [0, 0.05) is 26.1 Å². The highest BCUT2D eigenvalue weighted by molar-refractivity contribution is 6.33.